The highest BCUT2D eigenvalue weighted by atomic mass is 35.5. The Kier molecular flexibility index (Phi) is 12.6. The number of hydrogen-bond acceptors (Lipinski definition) is 3. The number of para-hydroxylation sites is 1. The van der Waals surface area contributed by atoms with Gasteiger partial charge >= 0.3 is 6.09 Å². The van der Waals surface area contributed by atoms with Crippen molar-refractivity contribution < 1.29 is 9.63 Å². The van der Waals surface area contributed by atoms with Crippen molar-refractivity contribution in [1.82, 2.24) is 0 Å². The minimum absolute atomic E-state index is 0.459. The second kappa shape index (κ2) is 15.3. The second-order valence-electron chi connectivity index (χ2n) is 8.48. The lowest BCUT2D eigenvalue weighted by Crippen LogP contribution is -2.21. The van der Waals surface area contributed by atoms with Crippen molar-refractivity contribution in [2.45, 2.75) is 103 Å². The highest BCUT2D eigenvalue weighted by molar-refractivity contribution is 6.33. The normalized spacial score (nSPS) is 17.8. The fourth-order valence-corrected chi connectivity index (χ4v) is 4.36. The summed E-state index contributed by atoms with van der Waals surface area (Å²) in [4.78, 5) is 17.2. The Morgan fingerprint density at radius 2 is 1.70 bits per heavy atom. The number of hydrogen-bond donors (Lipinski definition) is 1. The number of amides is 1. The third-order valence-electron chi connectivity index (χ3n) is 5.97. The van der Waals surface area contributed by atoms with E-state index in [1.165, 1.54) is 70.6 Å². The first-order valence-corrected chi connectivity index (χ1v) is 12.4. The molecule has 0 aliphatic heterocycles. The van der Waals surface area contributed by atoms with Crippen molar-refractivity contribution in [2.75, 3.05) is 5.32 Å². The zero-order valence-corrected chi connectivity index (χ0v) is 19.4. The molecule has 0 bridgehead atoms. The minimum atomic E-state index is -0.584. The van der Waals surface area contributed by atoms with E-state index < -0.39 is 6.09 Å². The quantitative estimate of drug-likeness (QED) is 0.191. The van der Waals surface area contributed by atoms with Crippen LogP contribution in [-0.2, 0) is 4.84 Å². The Balaban J connectivity index is 1.64. The molecule has 1 fully saturated rings. The van der Waals surface area contributed by atoms with Crippen LogP contribution in [0.5, 0.6) is 0 Å². The molecule has 4 nitrogen and oxygen atoms in total. The number of carbonyl (C=O) groups is 1. The van der Waals surface area contributed by atoms with Crippen LogP contribution < -0.4 is 5.32 Å². The van der Waals surface area contributed by atoms with Gasteiger partial charge in [-0.2, -0.15) is 0 Å². The fourth-order valence-electron chi connectivity index (χ4n) is 4.17. The maximum atomic E-state index is 12.1. The summed E-state index contributed by atoms with van der Waals surface area (Å²) in [5.74, 6) is 0.459. The van der Waals surface area contributed by atoms with Crippen molar-refractivity contribution >= 4 is 29.1 Å². The van der Waals surface area contributed by atoms with E-state index in [1.54, 1.807) is 12.1 Å². The number of nitrogens with zero attached hydrogens (tertiary/aromatic N) is 1. The Morgan fingerprint density at radius 3 is 2.40 bits per heavy atom. The Morgan fingerprint density at radius 1 is 1.03 bits per heavy atom. The van der Waals surface area contributed by atoms with Crippen LogP contribution in [0, 0.1) is 5.92 Å². The predicted molar refractivity (Wildman–Crippen MR) is 127 cm³/mol. The number of nitrogens with one attached hydrogen (secondary N) is 1. The number of carbonyl (C=O) groups excluding carboxylic acids is 1. The standard InChI is InChI=1S/C25H39ClN2O2/c1-2-3-4-5-6-7-8-9-10-11-16-21-17-12-14-19-23(21)28-30-25(29)27-24-20-15-13-18-22(24)26/h13,15,18,20-21H,2-12,14,16-17,19H2,1H3,(H,27,29)/b28-23+. The maximum Gasteiger partial charge on any atom is 0.437 e. The topological polar surface area (TPSA) is 50.7 Å². The van der Waals surface area contributed by atoms with Gasteiger partial charge in [0.2, 0.25) is 0 Å². The molecule has 30 heavy (non-hydrogen) atoms. The van der Waals surface area contributed by atoms with E-state index in [2.05, 4.69) is 17.4 Å². The van der Waals surface area contributed by atoms with Crippen molar-refractivity contribution in [2.24, 2.45) is 11.1 Å². The Hall–Kier alpha value is -1.55. The third kappa shape index (κ3) is 9.97. The first-order chi connectivity index (χ1) is 14.7. The van der Waals surface area contributed by atoms with E-state index >= 15 is 0 Å². The lowest BCUT2D eigenvalue weighted by Gasteiger charge is -2.23. The second-order valence-corrected chi connectivity index (χ2v) is 8.89. The smallest absolute Gasteiger partial charge is 0.298 e. The van der Waals surface area contributed by atoms with Gasteiger partial charge in [-0.15, -0.1) is 0 Å². The highest BCUT2D eigenvalue weighted by Crippen LogP contribution is 2.27. The van der Waals surface area contributed by atoms with Gasteiger partial charge in [0.15, 0.2) is 0 Å². The molecule has 168 valence electrons. The number of benzene rings is 1. The van der Waals surface area contributed by atoms with Gasteiger partial charge < -0.3 is 0 Å². The molecule has 0 heterocycles. The Labute approximate surface area is 187 Å². The molecular weight excluding hydrogens is 396 g/mol. The first kappa shape index (κ1) is 24.7. The SMILES string of the molecule is CCCCCCCCCCCCC1CCCC/C1=N\OC(=O)Nc1ccccc1Cl. The summed E-state index contributed by atoms with van der Waals surface area (Å²) >= 11 is 6.07. The van der Waals surface area contributed by atoms with Gasteiger partial charge in [0.05, 0.1) is 16.4 Å². The summed E-state index contributed by atoms with van der Waals surface area (Å²) in [6, 6.07) is 7.11. The summed E-state index contributed by atoms with van der Waals surface area (Å²) in [5, 5.41) is 7.35. The Bertz CT molecular complexity index is 648. The van der Waals surface area contributed by atoms with Gasteiger partial charge in [0.1, 0.15) is 0 Å². The predicted octanol–water partition coefficient (Wildman–Crippen LogP) is 8.75. The van der Waals surface area contributed by atoms with Crippen LogP contribution in [0.2, 0.25) is 5.02 Å². The zero-order chi connectivity index (χ0) is 21.4. The molecular formula is C25H39ClN2O2. The van der Waals surface area contributed by atoms with Crippen molar-refractivity contribution in [3.8, 4) is 0 Å². The first-order valence-electron chi connectivity index (χ1n) is 12.0. The van der Waals surface area contributed by atoms with Crippen molar-refractivity contribution in [1.29, 1.82) is 0 Å². The number of unbranched alkanes of at least 4 members (excludes halogenated alkanes) is 9. The third-order valence-corrected chi connectivity index (χ3v) is 6.30. The van der Waals surface area contributed by atoms with Crippen molar-refractivity contribution in [3.63, 3.8) is 0 Å². The lowest BCUT2D eigenvalue weighted by molar-refractivity contribution is 0.164. The molecule has 2 rings (SSSR count). The monoisotopic (exact) mass is 434 g/mol. The zero-order valence-electron chi connectivity index (χ0n) is 18.6. The molecule has 1 saturated carbocycles. The van der Waals surface area contributed by atoms with Gasteiger partial charge in [-0.25, -0.2) is 4.79 Å². The molecule has 0 radical (unpaired) electrons. The molecule has 1 aromatic carbocycles. The minimum Gasteiger partial charge on any atom is -0.298 e. The lowest BCUT2D eigenvalue weighted by atomic mass is 9.84. The van der Waals surface area contributed by atoms with Crippen molar-refractivity contribution in [3.05, 3.63) is 29.3 Å². The van der Waals surface area contributed by atoms with Crippen LogP contribution in [0.15, 0.2) is 29.4 Å². The van der Waals surface area contributed by atoms with E-state index in [0.717, 1.165) is 31.4 Å². The highest BCUT2D eigenvalue weighted by Gasteiger charge is 2.21. The molecule has 1 unspecified atom stereocenters. The van der Waals surface area contributed by atoms with E-state index in [1.807, 2.05) is 12.1 Å². The van der Waals surface area contributed by atoms with Crippen LogP contribution in [0.25, 0.3) is 0 Å². The van der Waals surface area contributed by atoms with Crippen LogP contribution in [-0.4, -0.2) is 11.8 Å². The number of oxime groups is 1. The summed E-state index contributed by atoms with van der Waals surface area (Å²) in [5.41, 5.74) is 1.58. The van der Waals surface area contributed by atoms with Crippen LogP contribution in [0.1, 0.15) is 103 Å². The van der Waals surface area contributed by atoms with E-state index in [9.17, 15) is 4.79 Å². The molecule has 1 aliphatic carbocycles. The summed E-state index contributed by atoms with van der Waals surface area (Å²) in [7, 11) is 0. The van der Waals surface area contributed by atoms with Gasteiger partial charge in [-0.1, -0.05) is 106 Å². The van der Waals surface area contributed by atoms with Gasteiger partial charge in [-0.05, 0) is 37.8 Å². The molecule has 0 saturated heterocycles. The van der Waals surface area contributed by atoms with Crippen LogP contribution in [0.3, 0.4) is 0 Å². The average Bonchev–Trinajstić information content (AvgIpc) is 2.76. The van der Waals surface area contributed by atoms with E-state index in [0.29, 0.717) is 16.6 Å². The number of halogens is 1. The molecule has 1 amide bonds. The summed E-state index contributed by atoms with van der Waals surface area (Å²) in [6.07, 6.45) is 18.6. The van der Waals surface area contributed by atoms with Crippen LogP contribution in [0.4, 0.5) is 10.5 Å². The average molecular weight is 435 g/mol. The summed E-state index contributed by atoms with van der Waals surface area (Å²) in [6.45, 7) is 2.27. The molecule has 0 spiro atoms. The van der Waals surface area contributed by atoms with Gasteiger partial charge in [0, 0.05) is 5.92 Å². The summed E-state index contributed by atoms with van der Waals surface area (Å²) < 4.78 is 0. The van der Waals surface area contributed by atoms with Gasteiger partial charge in [-0.3, -0.25) is 10.2 Å². The van der Waals surface area contributed by atoms with E-state index in [4.69, 9.17) is 16.4 Å². The van der Waals surface area contributed by atoms with E-state index in [-0.39, 0.29) is 0 Å². The van der Waals surface area contributed by atoms with Crippen LogP contribution >= 0.6 is 11.6 Å². The number of rotatable bonds is 13. The number of anilines is 1. The molecule has 1 atom stereocenters. The fraction of sp³-hybridized carbons (Fsp3) is 0.680. The molecule has 5 heteroatoms. The van der Waals surface area contributed by atoms with Gasteiger partial charge in [0.25, 0.3) is 0 Å². The molecule has 0 aromatic heterocycles. The molecule has 1 aromatic rings. The largest absolute Gasteiger partial charge is 0.437 e. The maximum absolute atomic E-state index is 12.1. The molecule has 1 N–H and O–H groups in total. The molecule has 1 aliphatic rings.